The van der Waals surface area contributed by atoms with Gasteiger partial charge in [0.2, 0.25) is 0 Å². The molecule has 204 valence electrons. The van der Waals surface area contributed by atoms with Crippen LogP contribution < -0.4 is 0 Å². The van der Waals surface area contributed by atoms with Gasteiger partial charge in [0, 0.05) is 38.2 Å². The van der Waals surface area contributed by atoms with Gasteiger partial charge in [-0.3, -0.25) is 0 Å². The van der Waals surface area contributed by atoms with Crippen LogP contribution in [0.3, 0.4) is 0 Å². The molecule has 0 atom stereocenters. The van der Waals surface area contributed by atoms with Crippen molar-refractivity contribution >= 4 is 76.1 Å². The normalized spacial score (nSPS) is 12.1. The van der Waals surface area contributed by atoms with E-state index in [1.807, 2.05) is 6.07 Å². The second kappa shape index (κ2) is 8.82. The molecule has 10 aromatic rings. The lowest BCUT2D eigenvalue weighted by molar-refractivity contribution is 0.669. The standard InChI is InChI=1S/C42H25NO/c1-2-12-27-25(11-1)26-13-3-4-15-29(26)39-30(27)17-9-20-35(39)40-31(23-24-38-41(40)34-16-6-8-22-37(34)44-38)33-19-10-18-32-28-14-5-7-21-36(28)43-42(32)33/h1-24,43H. The third-order valence-electron chi connectivity index (χ3n) is 9.41. The summed E-state index contributed by atoms with van der Waals surface area (Å²) in [5.41, 5.74) is 8.88. The third-order valence-corrected chi connectivity index (χ3v) is 9.41. The van der Waals surface area contributed by atoms with Crippen molar-refractivity contribution in [2.24, 2.45) is 0 Å². The number of benzene rings is 8. The minimum Gasteiger partial charge on any atom is -0.456 e. The number of hydrogen-bond acceptors (Lipinski definition) is 1. The van der Waals surface area contributed by atoms with Crippen molar-refractivity contribution in [1.82, 2.24) is 4.98 Å². The molecule has 0 aliphatic rings. The first kappa shape index (κ1) is 23.7. The summed E-state index contributed by atoms with van der Waals surface area (Å²) in [7, 11) is 0. The average Bonchev–Trinajstić information content (AvgIpc) is 3.66. The van der Waals surface area contributed by atoms with Gasteiger partial charge in [-0.15, -0.1) is 0 Å². The maximum atomic E-state index is 6.50. The Morgan fingerprint density at radius 2 is 0.909 bits per heavy atom. The first-order chi connectivity index (χ1) is 21.8. The fraction of sp³-hybridized carbons (Fsp3) is 0. The predicted octanol–water partition coefficient (Wildman–Crippen LogP) is 12.0. The van der Waals surface area contributed by atoms with Crippen molar-refractivity contribution in [2.45, 2.75) is 0 Å². The van der Waals surface area contributed by atoms with Crippen LogP contribution in [0.25, 0.3) is 98.3 Å². The van der Waals surface area contributed by atoms with Crippen LogP contribution in [0, 0.1) is 0 Å². The number of fused-ring (bicyclic) bond motifs is 12. The van der Waals surface area contributed by atoms with E-state index in [0.29, 0.717) is 0 Å². The molecule has 8 aromatic carbocycles. The lowest BCUT2D eigenvalue weighted by atomic mass is 9.85. The predicted molar refractivity (Wildman–Crippen MR) is 186 cm³/mol. The highest BCUT2D eigenvalue weighted by molar-refractivity contribution is 6.31. The maximum absolute atomic E-state index is 6.50. The molecule has 1 N–H and O–H groups in total. The van der Waals surface area contributed by atoms with Crippen LogP contribution in [-0.4, -0.2) is 4.98 Å². The van der Waals surface area contributed by atoms with Gasteiger partial charge >= 0.3 is 0 Å². The molecule has 0 fully saturated rings. The SMILES string of the molecule is c1ccc2c(c1)[nH]c1c(-c3ccc4oc5ccccc5c4c3-c3cccc4c5ccccc5c5ccccc5c34)cccc12. The van der Waals surface area contributed by atoms with E-state index in [4.69, 9.17) is 4.42 Å². The Morgan fingerprint density at radius 1 is 0.341 bits per heavy atom. The van der Waals surface area contributed by atoms with E-state index in [-0.39, 0.29) is 0 Å². The Morgan fingerprint density at radius 3 is 1.68 bits per heavy atom. The van der Waals surface area contributed by atoms with E-state index < -0.39 is 0 Å². The number of nitrogens with one attached hydrogen (secondary N) is 1. The number of aromatic nitrogens is 1. The lowest BCUT2D eigenvalue weighted by Gasteiger charge is -2.18. The largest absolute Gasteiger partial charge is 0.456 e. The van der Waals surface area contributed by atoms with Gasteiger partial charge < -0.3 is 9.40 Å². The van der Waals surface area contributed by atoms with Gasteiger partial charge in [0.1, 0.15) is 11.2 Å². The van der Waals surface area contributed by atoms with Crippen molar-refractivity contribution in [3.63, 3.8) is 0 Å². The van der Waals surface area contributed by atoms with Crippen LogP contribution >= 0.6 is 0 Å². The second-order valence-electron chi connectivity index (χ2n) is 11.7. The Kier molecular flexibility index (Phi) is 4.75. The summed E-state index contributed by atoms with van der Waals surface area (Å²) < 4.78 is 6.50. The van der Waals surface area contributed by atoms with Gasteiger partial charge in [-0.1, -0.05) is 121 Å². The van der Waals surface area contributed by atoms with Crippen molar-refractivity contribution in [1.29, 1.82) is 0 Å². The first-order valence-electron chi connectivity index (χ1n) is 15.1. The van der Waals surface area contributed by atoms with Gasteiger partial charge in [-0.2, -0.15) is 0 Å². The summed E-state index contributed by atoms with van der Waals surface area (Å²) in [6.07, 6.45) is 0. The number of rotatable bonds is 2. The van der Waals surface area contributed by atoms with Crippen molar-refractivity contribution in [2.75, 3.05) is 0 Å². The van der Waals surface area contributed by atoms with Crippen LogP contribution in [0.1, 0.15) is 0 Å². The van der Waals surface area contributed by atoms with E-state index in [9.17, 15) is 0 Å². The van der Waals surface area contributed by atoms with Crippen molar-refractivity contribution < 1.29 is 4.42 Å². The summed E-state index contributed by atoms with van der Waals surface area (Å²) in [6.45, 7) is 0. The van der Waals surface area contributed by atoms with E-state index in [1.165, 1.54) is 65.3 Å². The monoisotopic (exact) mass is 559 g/mol. The fourth-order valence-electron chi connectivity index (χ4n) is 7.58. The molecule has 0 spiro atoms. The van der Waals surface area contributed by atoms with Gasteiger partial charge in [0.25, 0.3) is 0 Å². The smallest absolute Gasteiger partial charge is 0.136 e. The zero-order valence-corrected chi connectivity index (χ0v) is 23.8. The Bertz CT molecular complexity index is 2730. The minimum absolute atomic E-state index is 0.899. The van der Waals surface area contributed by atoms with Crippen molar-refractivity contribution in [3.05, 3.63) is 146 Å². The number of aromatic amines is 1. The van der Waals surface area contributed by atoms with Crippen molar-refractivity contribution in [3.8, 4) is 22.3 Å². The Balaban J connectivity index is 1.44. The molecule has 2 heterocycles. The van der Waals surface area contributed by atoms with Gasteiger partial charge in [-0.25, -0.2) is 0 Å². The Labute approximate surface area is 252 Å². The molecule has 0 unspecified atom stereocenters. The second-order valence-corrected chi connectivity index (χ2v) is 11.7. The first-order valence-corrected chi connectivity index (χ1v) is 15.1. The number of hydrogen-bond donors (Lipinski definition) is 1. The summed E-state index contributed by atoms with van der Waals surface area (Å²) >= 11 is 0. The maximum Gasteiger partial charge on any atom is 0.136 e. The van der Waals surface area contributed by atoms with E-state index in [1.54, 1.807) is 0 Å². The summed E-state index contributed by atoms with van der Waals surface area (Å²) in [4.78, 5) is 3.77. The van der Waals surface area contributed by atoms with Crippen LogP contribution in [0.5, 0.6) is 0 Å². The highest BCUT2D eigenvalue weighted by Gasteiger charge is 2.22. The van der Waals surface area contributed by atoms with Crippen LogP contribution in [0.4, 0.5) is 0 Å². The zero-order chi connectivity index (χ0) is 28.8. The molecule has 2 aromatic heterocycles. The molecule has 2 heteroatoms. The molecule has 0 bridgehead atoms. The minimum atomic E-state index is 0.899. The number of furan rings is 1. The molecule has 0 aliphatic carbocycles. The Hall–Kier alpha value is -5.86. The van der Waals surface area contributed by atoms with Gasteiger partial charge in [0.05, 0.1) is 5.52 Å². The van der Waals surface area contributed by atoms with E-state index in [2.05, 4.69) is 145 Å². The van der Waals surface area contributed by atoms with Gasteiger partial charge in [-0.05, 0) is 67.7 Å². The number of H-pyrrole nitrogens is 1. The average molecular weight is 560 g/mol. The molecular weight excluding hydrogens is 534 g/mol. The topological polar surface area (TPSA) is 28.9 Å². The molecule has 10 rings (SSSR count). The highest BCUT2D eigenvalue weighted by atomic mass is 16.3. The molecule has 44 heavy (non-hydrogen) atoms. The van der Waals surface area contributed by atoms with Crippen LogP contribution in [0.15, 0.2) is 150 Å². The molecule has 0 saturated heterocycles. The summed E-state index contributed by atoms with van der Waals surface area (Å²) in [5.74, 6) is 0. The van der Waals surface area contributed by atoms with E-state index >= 15 is 0 Å². The van der Waals surface area contributed by atoms with E-state index in [0.717, 1.165) is 33.0 Å². The molecule has 0 saturated carbocycles. The van der Waals surface area contributed by atoms with Gasteiger partial charge in [0.15, 0.2) is 0 Å². The lowest BCUT2D eigenvalue weighted by Crippen LogP contribution is -1.91. The zero-order valence-electron chi connectivity index (χ0n) is 23.8. The summed E-state index contributed by atoms with van der Waals surface area (Å²) in [5, 5.41) is 12.4. The third kappa shape index (κ3) is 3.14. The molecule has 0 aliphatic heterocycles. The fourth-order valence-corrected chi connectivity index (χ4v) is 7.58. The quantitative estimate of drug-likeness (QED) is 0.210. The van der Waals surface area contributed by atoms with Crippen LogP contribution in [-0.2, 0) is 0 Å². The molecule has 0 radical (unpaired) electrons. The van der Waals surface area contributed by atoms with Crippen LogP contribution in [0.2, 0.25) is 0 Å². The highest BCUT2D eigenvalue weighted by Crippen LogP contribution is 2.48. The number of para-hydroxylation sites is 3. The molecule has 2 nitrogen and oxygen atoms in total. The molecule has 0 amide bonds. The summed E-state index contributed by atoms with van der Waals surface area (Å²) in [6, 6.07) is 52.5. The molecular formula is C42H25NO.